The highest BCUT2D eigenvalue weighted by Crippen LogP contribution is 2.37. The zero-order valence-electron chi connectivity index (χ0n) is 17.3. The van der Waals surface area contributed by atoms with Crippen LogP contribution in [0.15, 0.2) is 71.2 Å². The first-order valence-corrected chi connectivity index (χ1v) is 10.9. The number of methoxy groups -OCH3 is 1. The summed E-state index contributed by atoms with van der Waals surface area (Å²) < 4.78 is 26.5. The molecule has 0 saturated heterocycles. The van der Waals surface area contributed by atoms with E-state index in [1.54, 1.807) is 25.3 Å². The Kier molecular flexibility index (Phi) is 8.29. The van der Waals surface area contributed by atoms with Gasteiger partial charge in [0, 0.05) is 28.2 Å². The van der Waals surface area contributed by atoms with Crippen LogP contribution in [0.25, 0.3) is 0 Å². The number of hydrogen-bond acceptors (Lipinski definition) is 3. The average molecular weight is 472 g/mol. The third-order valence-electron chi connectivity index (χ3n) is 5.05. The van der Waals surface area contributed by atoms with Crippen LogP contribution in [0.5, 0.6) is 11.5 Å². The molecule has 0 aromatic heterocycles. The molecule has 0 saturated carbocycles. The van der Waals surface area contributed by atoms with Crippen molar-refractivity contribution in [1.82, 2.24) is 5.32 Å². The summed E-state index contributed by atoms with van der Waals surface area (Å²) in [4.78, 5) is 0. The van der Waals surface area contributed by atoms with E-state index in [2.05, 4.69) is 52.4 Å². The van der Waals surface area contributed by atoms with Gasteiger partial charge in [0.25, 0.3) is 0 Å². The highest BCUT2D eigenvalue weighted by Gasteiger charge is 2.16. The van der Waals surface area contributed by atoms with E-state index < -0.39 is 0 Å². The SMILES string of the molecule is COc1ccc(Br)c(CNC(C)CCc2ccccc2)c1OCc1ccccc1F. The van der Waals surface area contributed by atoms with E-state index in [0.29, 0.717) is 29.6 Å². The number of hydrogen-bond donors (Lipinski definition) is 1. The molecular formula is C25H27BrFNO2. The van der Waals surface area contributed by atoms with Gasteiger partial charge in [-0.1, -0.05) is 64.5 Å². The van der Waals surface area contributed by atoms with Gasteiger partial charge >= 0.3 is 0 Å². The fraction of sp³-hybridized carbons (Fsp3) is 0.280. The van der Waals surface area contributed by atoms with Crippen molar-refractivity contribution in [3.8, 4) is 11.5 Å². The Labute approximate surface area is 186 Å². The van der Waals surface area contributed by atoms with E-state index in [1.165, 1.54) is 11.6 Å². The third kappa shape index (κ3) is 6.07. The molecule has 0 aliphatic rings. The van der Waals surface area contributed by atoms with Gasteiger partial charge in [-0.3, -0.25) is 0 Å². The maximum absolute atomic E-state index is 14.0. The molecule has 3 aromatic rings. The number of rotatable bonds is 10. The smallest absolute Gasteiger partial charge is 0.167 e. The second-order valence-corrected chi connectivity index (χ2v) is 8.10. The van der Waals surface area contributed by atoms with Crippen LogP contribution in [0.2, 0.25) is 0 Å². The van der Waals surface area contributed by atoms with E-state index in [0.717, 1.165) is 22.9 Å². The van der Waals surface area contributed by atoms with E-state index >= 15 is 0 Å². The van der Waals surface area contributed by atoms with Crippen LogP contribution in [-0.4, -0.2) is 13.2 Å². The molecule has 3 rings (SSSR count). The highest BCUT2D eigenvalue weighted by molar-refractivity contribution is 9.10. The number of benzene rings is 3. The maximum Gasteiger partial charge on any atom is 0.167 e. The van der Waals surface area contributed by atoms with Gasteiger partial charge in [0.15, 0.2) is 11.5 Å². The first-order chi connectivity index (χ1) is 14.6. The molecule has 3 nitrogen and oxygen atoms in total. The molecule has 0 radical (unpaired) electrons. The van der Waals surface area contributed by atoms with Gasteiger partial charge in [-0.2, -0.15) is 0 Å². The van der Waals surface area contributed by atoms with Gasteiger partial charge in [-0.15, -0.1) is 0 Å². The molecule has 0 aliphatic heterocycles. The lowest BCUT2D eigenvalue weighted by atomic mass is 10.1. The Morgan fingerprint density at radius 1 is 1.00 bits per heavy atom. The first-order valence-electron chi connectivity index (χ1n) is 10.1. The van der Waals surface area contributed by atoms with Crippen molar-refractivity contribution in [2.45, 2.75) is 39.0 Å². The van der Waals surface area contributed by atoms with Gasteiger partial charge in [0.05, 0.1) is 7.11 Å². The van der Waals surface area contributed by atoms with E-state index in [9.17, 15) is 4.39 Å². The summed E-state index contributed by atoms with van der Waals surface area (Å²) in [6.07, 6.45) is 2.04. The van der Waals surface area contributed by atoms with Crippen molar-refractivity contribution in [3.05, 3.63) is 93.7 Å². The molecule has 1 N–H and O–H groups in total. The number of nitrogens with one attached hydrogen (secondary N) is 1. The zero-order chi connectivity index (χ0) is 21.3. The monoisotopic (exact) mass is 471 g/mol. The molecule has 0 aliphatic carbocycles. The van der Waals surface area contributed by atoms with Crippen molar-refractivity contribution in [3.63, 3.8) is 0 Å². The Morgan fingerprint density at radius 3 is 2.47 bits per heavy atom. The van der Waals surface area contributed by atoms with Crippen molar-refractivity contribution in [2.75, 3.05) is 7.11 Å². The van der Waals surface area contributed by atoms with E-state index in [4.69, 9.17) is 9.47 Å². The van der Waals surface area contributed by atoms with Gasteiger partial charge in [0.2, 0.25) is 0 Å². The van der Waals surface area contributed by atoms with Gasteiger partial charge in [-0.05, 0) is 43.5 Å². The van der Waals surface area contributed by atoms with Gasteiger partial charge < -0.3 is 14.8 Å². The topological polar surface area (TPSA) is 30.5 Å². The number of ether oxygens (including phenoxy) is 2. The molecule has 5 heteroatoms. The minimum atomic E-state index is -0.277. The number of aryl methyl sites for hydroxylation is 1. The van der Waals surface area contributed by atoms with Crippen molar-refractivity contribution in [1.29, 1.82) is 0 Å². The fourth-order valence-corrected chi connectivity index (χ4v) is 3.69. The molecule has 0 bridgehead atoms. The summed E-state index contributed by atoms with van der Waals surface area (Å²) in [6, 6.07) is 21.2. The Morgan fingerprint density at radius 2 is 1.73 bits per heavy atom. The van der Waals surface area contributed by atoms with Crippen LogP contribution in [0.3, 0.4) is 0 Å². The molecular weight excluding hydrogens is 445 g/mol. The van der Waals surface area contributed by atoms with E-state index in [-0.39, 0.29) is 12.4 Å². The third-order valence-corrected chi connectivity index (χ3v) is 5.80. The lowest BCUT2D eigenvalue weighted by molar-refractivity contribution is 0.275. The summed E-state index contributed by atoms with van der Waals surface area (Å²) in [7, 11) is 1.61. The zero-order valence-corrected chi connectivity index (χ0v) is 18.9. The largest absolute Gasteiger partial charge is 0.493 e. The normalized spacial score (nSPS) is 11.9. The second-order valence-electron chi connectivity index (χ2n) is 7.24. The molecule has 0 spiro atoms. The van der Waals surface area contributed by atoms with Crippen LogP contribution in [0.1, 0.15) is 30.0 Å². The van der Waals surface area contributed by atoms with Gasteiger partial charge in [0.1, 0.15) is 12.4 Å². The fourth-order valence-electron chi connectivity index (χ4n) is 3.24. The summed E-state index contributed by atoms with van der Waals surface area (Å²) in [6.45, 7) is 2.92. The lowest BCUT2D eigenvalue weighted by Crippen LogP contribution is -2.26. The maximum atomic E-state index is 14.0. The lowest BCUT2D eigenvalue weighted by Gasteiger charge is -2.19. The average Bonchev–Trinajstić information content (AvgIpc) is 2.77. The summed E-state index contributed by atoms with van der Waals surface area (Å²) in [5.41, 5.74) is 2.80. The van der Waals surface area contributed by atoms with Crippen LogP contribution >= 0.6 is 15.9 Å². The van der Waals surface area contributed by atoms with Gasteiger partial charge in [-0.25, -0.2) is 4.39 Å². The van der Waals surface area contributed by atoms with E-state index in [1.807, 2.05) is 18.2 Å². The molecule has 0 heterocycles. The van der Waals surface area contributed by atoms with Crippen LogP contribution in [-0.2, 0) is 19.6 Å². The molecule has 0 amide bonds. The molecule has 0 fully saturated rings. The highest BCUT2D eigenvalue weighted by atomic mass is 79.9. The second kappa shape index (κ2) is 11.1. The molecule has 3 aromatic carbocycles. The van der Waals surface area contributed by atoms with Crippen molar-refractivity contribution < 1.29 is 13.9 Å². The number of halogens is 2. The predicted octanol–water partition coefficient (Wildman–Crippen LogP) is 6.29. The minimum absolute atomic E-state index is 0.135. The Bertz CT molecular complexity index is 949. The predicted molar refractivity (Wildman–Crippen MR) is 122 cm³/mol. The molecule has 30 heavy (non-hydrogen) atoms. The molecule has 1 atom stereocenters. The van der Waals surface area contributed by atoms with Crippen molar-refractivity contribution >= 4 is 15.9 Å². The van der Waals surface area contributed by atoms with Crippen molar-refractivity contribution in [2.24, 2.45) is 0 Å². The molecule has 158 valence electrons. The summed E-state index contributed by atoms with van der Waals surface area (Å²) in [5.74, 6) is 0.974. The standard InChI is InChI=1S/C25H27BrFNO2/c1-18(12-13-19-8-4-3-5-9-19)28-16-21-22(26)14-15-24(29-2)25(21)30-17-20-10-6-7-11-23(20)27/h3-11,14-15,18,28H,12-13,16-17H2,1-2H3. The summed E-state index contributed by atoms with van der Waals surface area (Å²) >= 11 is 3.63. The molecule has 1 unspecified atom stereocenters. The van der Waals surface area contributed by atoms with Crippen LogP contribution in [0, 0.1) is 5.82 Å². The quantitative estimate of drug-likeness (QED) is 0.377. The Hall–Kier alpha value is -2.37. The van der Waals surface area contributed by atoms with Crippen LogP contribution < -0.4 is 14.8 Å². The summed E-state index contributed by atoms with van der Waals surface area (Å²) in [5, 5.41) is 3.57. The Balaban J connectivity index is 1.67. The first kappa shape index (κ1) is 22.3. The minimum Gasteiger partial charge on any atom is -0.493 e. The van der Waals surface area contributed by atoms with Crippen LogP contribution in [0.4, 0.5) is 4.39 Å².